The maximum absolute atomic E-state index is 2.47. The van der Waals surface area contributed by atoms with Crippen molar-refractivity contribution in [2.45, 2.75) is 32.2 Å². The van der Waals surface area contributed by atoms with Gasteiger partial charge in [-0.3, -0.25) is 0 Å². The molecule has 0 aliphatic carbocycles. The molecular formula is C13H20ClN. The van der Waals surface area contributed by atoms with Crippen molar-refractivity contribution in [3.63, 3.8) is 0 Å². The van der Waals surface area contributed by atoms with Gasteiger partial charge < -0.3 is 17.7 Å². The molecule has 1 heterocycles. The standard InChI is InChI=1S/C13H19N.ClH/c1-11-9-13(7-8-14-11)10-12-5-3-2-4-6-12;/h2-6,11,13-14H,7-10H2,1H3;1H/t11-,13-;/m1./s1. The molecule has 1 aromatic carbocycles. The predicted molar refractivity (Wildman–Crippen MR) is 59.1 cm³/mol. The molecule has 1 aromatic rings. The number of hydrogen-bond donors (Lipinski definition) is 1. The van der Waals surface area contributed by atoms with E-state index in [1.165, 1.54) is 31.4 Å². The van der Waals surface area contributed by atoms with Crippen LogP contribution >= 0.6 is 0 Å². The normalized spacial score (nSPS) is 25.7. The molecule has 84 valence electrons. The lowest BCUT2D eigenvalue weighted by molar-refractivity contribution is -0.696. The summed E-state index contributed by atoms with van der Waals surface area (Å²) < 4.78 is 0. The van der Waals surface area contributed by atoms with Crippen molar-refractivity contribution < 1.29 is 17.7 Å². The van der Waals surface area contributed by atoms with Crippen molar-refractivity contribution in [2.75, 3.05) is 6.54 Å². The molecule has 0 radical (unpaired) electrons. The summed E-state index contributed by atoms with van der Waals surface area (Å²) in [5.41, 5.74) is 1.51. The zero-order valence-electron chi connectivity index (χ0n) is 9.33. The van der Waals surface area contributed by atoms with Crippen LogP contribution in [0.5, 0.6) is 0 Å². The Kier molecular flexibility index (Phi) is 5.13. The summed E-state index contributed by atoms with van der Waals surface area (Å²) in [5.74, 6) is 0.914. The summed E-state index contributed by atoms with van der Waals surface area (Å²) in [5, 5.41) is 2.47. The van der Waals surface area contributed by atoms with Gasteiger partial charge in [-0.25, -0.2) is 0 Å². The second-order valence-corrected chi connectivity index (χ2v) is 4.58. The van der Waals surface area contributed by atoms with Gasteiger partial charge in [0.25, 0.3) is 0 Å². The van der Waals surface area contributed by atoms with Crippen LogP contribution in [0.3, 0.4) is 0 Å². The van der Waals surface area contributed by atoms with Crippen molar-refractivity contribution in [1.29, 1.82) is 0 Å². The van der Waals surface area contributed by atoms with Gasteiger partial charge in [0.05, 0.1) is 12.6 Å². The van der Waals surface area contributed by atoms with Crippen LogP contribution in [0.25, 0.3) is 0 Å². The molecule has 0 saturated carbocycles. The molecule has 15 heavy (non-hydrogen) atoms. The third kappa shape index (κ3) is 3.84. The van der Waals surface area contributed by atoms with Gasteiger partial charge in [0.2, 0.25) is 0 Å². The van der Waals surface area contributed by atoms with Crippen LogP contribution in [0.15, 0.2) is 30.3 Å². The van der Waals surface area contributed by atoms with Crippen LogP contribution in [0.1, 0.15) is 25.3 Å². The number of benzene rings is 1. The van der Waals surface area contributed by atoms with E-state index in [4.69, 9.17) is 0 Å². The zero-order valence-corrected chi connectivity index (χ0v) is 10.1. The molecule has 2 rings (SSSR count). The number of piperidine rings is 1. The Labute approximate surface area is 98.7 Å². The Morgan fingerprint density at radius 3 is 2.67 bits per heavy atom. The number of hydrogen-bond acceptors (Lipinski definition) is 0. The van der Waals surface area contributed by atoms with E-state index in [2.05, 4.69) is 42.6 Å². The monoisotopic (exact) mass is 225 g/mol. The third-order valence-corrected chi connectivity index (χ3v) is 3.22. The largest absolute Gasteiger partial charge is 1.00 e. The summed E-state index contributed by atoms with van der Waals surface area (Å²) in [4.78, 5) is 0. The lowest BCUT2D eigenvalue weighted by Gasteiger charge is -2.25. The maximum atomic E-state index is 2.47. The molecular weight excluding hydrogens is 206 g/mol. The highest BCUT2D eigenvalue weighted by atomic mass is 35.5. The summed E-state index contributed by atoms with van der Waals surface area (Å²) >= 11 is 0. The predicted octanol–water partition coefficient (Wildman–Crippen LogP) is -1.40. The first-order valence-electron chi connectivity index (χ1n) is 5.72. The van der Waals surface area contributed by atoms with E-state index in [0.29, 0.717) is 0 Å². The highest BCUT2D eigenvalue weighted by molar-refractivity contribution is 5.15. The minimum Gasteiger partial charge on any atom is -1.00 e. The van der Waals surface area contributed by atoms with Crippen molar-refractivity contribution in [3.8, 4) is 0 Å². The molecule has 1 nitrogen and oxygen atoms in total. The minimum absolute atomic E-state index is 0. The fourth-order valence-electron chi connectivity index (χ4n) is 2.49. The highest BCUT2D eigenvalue weighted by Crippen LogP contribution is 2.18. The Morgan fingerprint density at radius 2 is 2.00 bits per heavy atom. The van der Waals surface area contributed by atoms with Gasteiger partial charge >= 0.3 is 0 Å². The molecule has 1 aliphatic heterocycles. The molecule has 2 atom stereocenters. The first-order chi connectivity index (χ1) is 6.84. The topological polar surface area (TPSA) is 16.6 Å². The van der Waals surface area contributed by atoms with E-state index in [1.54, 1.807) is 0 Å². The van der Waals surface area contributed by atoms with E-state index in [0.717, 1.165) is 12.0 Å². The average Bonchev–Trinajstić information content (AvgIpc) is 2.19. The van der Waals surface area contributed by atoms with Crippen molar-refractivity contribution in [2.24, 2.45) is 5.92 Å². The van der Waals surface area contributed by atoms with Crippen LogP contribution in [-0.2, 0) is 6.42 Å². The lowest BCUT2D eigenvalue weighted by atomic mass is 9.88. The maximum Gasteiger partial charge on any atom is 0.0833 e. The SMILES string of the molecule is C[C@@H]1C[C@H](Cc2ccccc2)CC[NH2+]1.[Cl-]. The van der Waals surface area contributed by atoms with E-state index in [-0.39, 0.29) is 12.4 Å². The average molecular weight is 226 g/mol. The molecule has 0 unspecified atom stereocenters. The molecule has 0 amide bonds. The Balaban J connectivity index is 0.00000112. The number of halogens is 1. The van der Waals surface area contributed by atoms with Crippen molar-refractivity contribution >= 4 is 0 Å². The van der Waals surface area contributed by atoms with Crippen LogP contribution in [0, 0.1) is 5.92 Å². The van der Waals surface area contributed by atoms with Crippen LogP contribution in [0.2, 0.25) is 0 Å². The van der Waals surface area contributed by atoms with E-state index in [1.807, 2.05) is 0 Å². The molecule has 2 N–H and O–H groups in total. The molecule has 1 fully saturated rings. The van der Waals surface area contributed by atoms with Gasteiger partial charge in [0.1, 0.15) is 0 Å². The van der Waals surface area contributed by atoms with Gasteiger partial charge in [0, 0.05) is 6.42 Å². The second kappa shape index (κ2) is 6.14. The third-order valence-electron chi connectivity index (χ3n) is 3.22. The van der Waals surface area contributed by atoms with Gasteiger partial charge in [-0.15, -0.1) is 0 Å². The fourth-order valence-corrected chi connectivity index (χ4v) is 2.49. The molecule has 0 bridgehead atoms. The van der Waals surface area contributed by atoms with E-state index < -0.39 is 0 Å². The van der Waals surface area contributed by atoms with Gasteiger partial charge in [-0.1, -0.05) is 30.3 Å². The Morgan fingerprint density at radius 1 is 1.27 bits per heavy atom. The van der Waals surface area contributed by atoms with Crippen molar-refractivity contribution in [3.05, 3.63) is 35.9 Å². The molecule has 2 heteroatoms. The minimum atomic E-state index is 0. The van der Waals surface area contributed by atoms with Crippen molar-refractivity contribution in [1.82, 2.24) is 0 Å². The van der Waals surface area contributed by atoms with Gasteiger partial charge in [-0.05, 0) is 31.2 Å². The number of rotatable bonds is 2. The number of quaternary nitrogens is 1. The Bertz CT molecular complexity index is 273. The molecule has 1 saturated heterocycles. The van der Waals surface area contributed by atoms with Crippen LogP contribution in [0.4, 0.5) is 0 Å². The first kappa shape index (κ1) is 12.5. The zero-order chi connectivity index (χ0) is 9.80. The summed E-state index contributed by atoms with van der Waals surface area (Å²) in [7, 11) is 0. The fraction of sp³-hybridized carbons (Fsp3) is 0.538. The van der Waals surface area contributed by atoms with Crippen LogP contribution in [-0.4, -0.2) is 12.6 Å². The van der Waals surface area contributed by atoms with E-state index in [9.17, 15) is 0 Å². The number of nitrogens with two attached hydrogens (primary N) is 1. The highest BCUT2D eigenvalue weighted by Gasteiger charge is 2.20. The summed E-state index contributed by atoms with van der Waals surface area (Å²) in [6.45, 7) is 3.66. The molecule has 1 aliphatic rings. The van der Waals surface area contributed by atoms with Gasteiger partial charge in [-0.2, -0.15) is 0 Å². The smallest absolute Gasteiger partial charge is 0.0833 e. The van der Waals surface area contributed by atoms with Gasteiger partial charge in [0.15, 0.2) is 0 Å². The van der Waals surface area contributed by atoms with E-state index >= 15 is 0 Å². The van der Waals surface area contributed by atoms with Crippen LogP contribution < -0.4 is 17.7 Å². The second-order valence-electron chi connectivity index (χ2n) is 4.58. The summed E-state index contributed by atoms with van der Waals surface area (Å²) in [6, 6.07) is 11.7. The first-order valence-corrected chi connectivity index (χ1v) is 5.72. The molecule has 0 spiro atoms. The summed E-state index contributed by atoms with van der Waals surface area (Å²) in [6.07, 6.45) is 4.05. The molecule has 0 aromatic heterocycles. The lowest BCUT2D eigenvalue weighted by Crippen LogP contribution is -3.00. The Hall–Kier alpha value is -0.530. The quantitative estimate of drug-likeness (QED) is 0.638.